The van der Waals surface area contributed by atoms with Gasteiger partial charge in [-0.1, -0.05) is 18.2 Å². The van der Waals surface area contributed by atoms with Crippen LogP contribution in [0.2, 0.25) is 0 Å². The highest BCUT2D eigenvalue weighted by molar-refractivity contribution is 7.87. The van der Waals surface area contributed by atoms with Crippen LogP contribution in [0.1, 0.15) is 18.4 Å². The fraction of sp³-hybridized carbons (Fsp3) is 0.438. The lowest BCUT2D eigenvalue weighted by Crippen LogP contribution is -2.25. The molecule has 1 unspecified atom stereocenters. The highest BCUT2D eigenvalue weighted by Gasteiger charge is 2.49. The van der Waals surface area contributed by atoms with Crippen molar-refractivity contribution in [2.24, 2.45) is 5.92 Å². The van der Waals surface area contributed by atoms with Gasteiger partial charge >= 0.3 is 15.6 Å². The highest BCUT2D eigenvalue weighted by Crippen LogP contribution is 2.31. The molecular weight excluding hydrogens is 380 g/mol. The third-order valence-corrected chi connectivity index (χ3v) is 3.88. The van der Waals surface area contributed by atoms with Crippen molar-refractivity contribution in [3.63, 3.8) is 0 Å². The van der Waals surface area contributed by atoms with E-state index in [0.717, 1.165) is 6.08 Å². The topological polar surface area (TPSA) is 69.7 Å². The second-order valence-electron chi connectivity index (χ2n) is 5.11. The first-order valence-corrected chi connectivity index (χ1v) is 8.67. The van der Waals surface area contributed by atoms with Crippen LogP contribution in [0.5, 0.6) is 0 Å². The van der Waals surface area contributed by atoms with Crippen molar-refractivity contribution < 1.29 is 39.7 Å². The molecule has 148 valence electrons. The molecule has 5 nitrogen and oxygen atoms in total. The lowest BCUT2D eigenvalue weighted by molar-refractivity contribution is -0.109. The average molecular weight is 400 g/mol. The Balaban J connectivity index is 0.000000474. The number of ether oxygens (including phenoxy) is 1. The number of hydrogen-bond donors (Lipinski definition) is 0. The summed E-state index contributed by atoms with van der Waals surface area (Å²) in [6, 6.07) is 6.70. The van der Waals surface area contributed by atoms with Crippen molar-refractivity contribution in [2.75, 3.05) is 14.2 Å². The zero-order chi connectivity index (χ0) is 20.4. The normalized spacial score (nSPS) is 16.4. The first kappa shape index (κ1) is 24.1. The van der Waals surface area contributed by atoms with E-state index in [1.165, 1.54) is 6.07 Å². The van der Waals surface area contributed by atoms with Crippen LogP contribution in [0.4, 0.5) is 17.6 Å². The summed E-state index contributed by atoms with van der Waals surface area (Å²) in [4.78, 5) is 10.2. The van der Waals surface area contributed by atoms with E-state index < -0.39 is 21.5 Å². The molecule has 0 amide bonds. The van der Waals surface area contributed by atoms with Crippen LogP contribution in [-0.2, 0) is 23.8 Å². The monoisotopic (exact) mass is 400 g/mol. The van der Waals surface area contributed by atoms with Gasteiger partial charge in [0.25, 0.3) is 0 Å². The fourth-order valence-corrected chi connectivity index (χ4v) is 2.15. The molecule has 0 saturated heterocycles. The Kier molecular flexibility index (Phi) is 10.1. The van der Waals surface area contributed by atoms with Gasteiger partial charge in [0.15, 0.2) is 0 Å². The van der Waals surface area contributed by atoms with Crippen molar-refractivity contribution in [1.29, 1.82) is 0 Å². The van der Waals surface area contributed by atoms with Crippen LogP contribution >= 0.6 is 0 Å². The molecule has 1 aliphatic rings. The number of benzene rings is 1. The summed E-state index contributed by atoms with van der Waals surface area (Å²) in [5.74, 6) is -1.03. The van der Waals surface area contributed by atoms with Gasteiger partial charge in [-0.2, -0.15) is 21.6 Å². The number of hydrogen-bond acceptors (Lipinski definition) is 5. The molecule has 0 spiro atoms. The molecule has 1 aromatic rings. The predicted molar refractivity (Wildman–Crippen MR) is 87.0 cm³/mol. The predicted octanol–water partition coefficient (Wildman–Crippen LogP) is 3.74. The summed E-state index contributed by atoms with van der Waals surface area (Å²) in [6.07, 6.45) is 1.89. The molecule has 10 heteroatoms. The quantitative estimate of drug-likeness (QED) is 0.335. The number of halogens is 4. The van der Waals surface area contributed by atoms with E-state index in [1.54, 1.807) is 33.3 Å². The van der Waals surface area contributed by atoms with E-state index in [4.69, 9.17) is 0 Å². The summed E-state index contributed by atoms with van der Waals surface area (Å²) in [5.41, 5.74) is -4.74. The summed E-state index contributed by atoms with van der Waals surface area (Å²) < 4.78 is 77.0. The van der Waals surface area contributed by atoms with E-state index in [2.05, 4.69) is 8.92 Å². The molecule has 2 rings (SSSR count). The van der Waals surface area contributed by atoms with Gasteiger partial charge < -0.3 is 13.7 Å². The van der Waals surface area contributed by atoms with Crippen LogP contribution in [0.3, 0.4) is 0 Å². The average Bonchev–Trinajstić information content (AvgIpc) is 2.97. The summed E-state index contributed by atoms with van der Waals surface area (Å²) >= 11 is 0. The minimum absolute atomic E-state index is 0.0126. The largest absolute Gasteiger partial charge is 0.534 e. The maximum Gasteiger partial charge on any atom is 0.534 e. The Morgan fingerprint density at radius 1 is 1.19 bits per heavy atom. The Labute approximate surface area is 149 Å². The number of aldehydes is 1. The first-order chi connectivity index (χ1) is 12.0. The second-order valence-corrected chi connectivity index (χ2v) is 6.65. The van der Waals surface area contributed by atoms with Gasteiger partial charge in [-0.05, 0) is 31.1 Å². The van der Waals surface area contributed by atoms with Crippen LogP contribution in [0, 0.1) is 18.7 Å². The zero-order valence-corrected chi connectivity index (χ0v) is 15.2. The Bertz CT molecular complexity index is 678. The van der Waals surface area contributed by atoms with E-state index >= 15 is 0 Å². The van der Waals surface area contributed by atoms with Crippen molar-refractivity contribution in [2.45, 2.75) is 25.3 Å². The fourth-order valence-electron chi connectivity index (χ4n) is 1.63. The third-order valence-electron chi connectivity index (χ3n) is 2.88. The van der Waals surface area contributed by atoms with Crippen LogP contribution in [0.15, 0.2) is 36.1 Å². The maximum absolute atomic E-state index is 12.3. The van der Waals surface area contributed by atoms with E-state index in [0.29, 0.717) is 11.8 Å². The van der Waals surface area contributed by atoms with E-state index in [-0.39, 0.29) is 24.4 Å². The number of rotatable bonds is 3. The number of allylic oxidation sites excluding steroid dienone is 2. The summed E-state index contributed by atoms with van der Waals surface area (Å²) in [6.45, 7) is 1.75. The molecule has 0 N–H and O–H groups in total. The van der Waals surface area contributed by atoms with Crippen LogP contribution < -0.4 is 0 Å². The maximum atomic E-state index is 12.3. The van der Waals surface area contributed by atoms with Crippen molar-refractivity contribution in [3.8, 4) is 0 Å². The minimum Gasteiger partial charge on any atom is -0.388 e. The highest BCUT2D eigenvalue weighted by atomic mass is 32.2. The molecular formula is C16H20F4O5S. The molecule has 0 radical (unpaired) electrons. The number of carbonyl (C=O) groups is 1. The number of alkyl halides is 3. The van der Waals surface area contributed by atoms with Gasteiger partial charge in [0.1, 0.15) is 17.9 Å². The molecule has 26 heavy (non-hydrogen) atoms. The molecule has 0 bridgehead atoms. The number of aryl methyl sites for hydroxylation is 1. The summed E-state index contributed by atoms with van der Waals surface area (Å²) in [7, 11) is -2.35. The van der Waals surface area contributed by atoms with Crippen LogP contribution in [-0.4, -0.2) is 34.4 Å². The Morgan fingerprint density at radius 3 is 2.08 bits per heavy atom. The lowest BCUT2D eigenvalue weighted by Gasteiger charge is -2.09. The second kappa shape index (κ2) is 10.9. The van der Waals surface area contributed by atoms with Gasteiger partial charge in [-0.3, -0.25) is 0 Å². The van der Waals surface area contributed by atoms with Crippen molar-refractivity contribution in [1.82, 2.24) is 0 Å². The third kappa shape index (κ3) is 8.43. The Morgan fingerprint density at radius 2 is 1.73 bits per heavy atom. The molecule has 0 saturated carbocycles. The number of methoxy groups -OCH3 is 1. The standard InChI is InChI=1S/C7H7F3O4S.C7H7F.C2H6O/c8-7(9,10)15(12,13)14-6-2-1-5(3-6)4-11;1-6-4-2-3-5-7(6)8;1-3-2/h3-5H,1-2H2;2-5H,1H3;1-2H3. The molecule has 0 heterocycles. The Hall–Kier alpha value is -1.94. The van der Waals surface area contributed by atoms with Crippen LogP contribution in [0.25, 0.3) is 0 Å². The van der Waals surface area contributed by atoms with Gasteiger partial charge in [-0.15, -0.1) is 0 Å². The number of carbonyl (C=O) groups excluding carboxylic acids is 1. The minimum atomic E-state index is -5.60. The first-order valence-electron chi connectivity index (χ1n) is 7.26. The van der Waals surface area contributed by atoms with Gasteiger partial charge in [0.2, 0.25) is 0 Å². The lowest BCUT2D eigenvalue weighted by atomic mass is 10.2. The smallest absolute Gasteiger partial charge is 0.388 e. The van der Waals surface area contributed by atoms with Gasteiger partial charge in [-0.25, -0.2) is 4.39 Å². The summed E-state index contributed by atoms with van der Waals surface area (Å²) in [5, 5.41) is 0. The van der Waals surface area contributed by atoms with Gasteiger partial charge in [0, 0.05) is 26.6 Å². The van der Waals surface area contributed by atoms with E-state index in [9.17, 15) is 30.8 Å². The van der Waals surface area contributed by atoms with Crippen molar-refractivity contribution in [3.05, 3.63) is 47.5 Å². The molecule has 1 aliphatic carbocycles. The molecule has 0 aromatic heterocycles. The molecule has 0 aliphatic heterocycles. The molecule has 1 aromatic carbocycles. The molecule has 1 atom stereocenters. The van der Waals surface area contributed by atoms with Gasteiger partial charge in [0.05, 0.1) is 0 Å². The molecule has 0 fully saturated rings. The van der Waals surface area contributed by atoms with Crippen molar-refractivity contribution >= 4 is 16.4 Å². The zero-order valence-electron chi connectivity index (χ0n) is 14.4. The SMILES string of the molecule is COC.Cc1ccccc1F.O=CC1C=C(OS(=O)(=O)C(F)(F)F)CC1. The van der Waals surface area contributed by atoms with E-state index in [1.807, 2.05) is 6.07 Å².